The summed E-state index contributed by atoms with van der Waals surface area (Å²) in [6.07, 6.45) is 2.14. The molecule has 1 aromatic rings. The number of carbonyl (C=O) groups excluding carboxylic acids is 3. The summed E-state index contributed by atoms with van der Waals surface area (Å²) in [5.74, 6) is -3.84. The van der Waals surface area contributed by atoms with Crippen LogP contribution in [-0.4, -0.2) is 85.3 Å². The van der Waals surface area contributed by atoms with Gasteiger partial charge in [0.25, 0.3) is 11.8 Å². The number of aliphatic imine (C=N–C) groups is 1. The maximum absolute atomic E-state index is 12.1. The third-order valence-corrected chi connectivity index (χ3v) is 4.59. The molecule has 0 radical (unpaired) electrons. The van der Waals surface area contributed by atoms with Gasteiger partial charge in [0.05, 0.1) is 32.5 Å². The van der Waals surface area contributed by atoms with E-state index in [4.69, 9.17) is 4.74 Å². The summed E-state index contributed by atoms with van der Waals surface area (Å²) in [5, 5.41) is 14.3. The van der Waals surface area contributed by atoms with Crippen molar-refractivity contribution in [2.24, 2.45) is 4.99 Å². The second-order valence-electron chi connectivity index (χ2n) is 6.81. The predicted molar refractivity (Wildman–Crippen MR) is 113 cm³/mol. The quantitative estimate of drug-likeness (QED) is 0.338. The molecule has 1 unspecified atom stereocenters. The number of amides is 3. The predicted octanol–water partition coefficient (Wildman–Crippen LogP) is -0.429. The smallest absolute Gasteiger partial charge is 0.327 e. The summed E-state index contributed by atoms with van der Waals surface area (Å²) in [5.41, 5.74) is 0.668. The lowest BCUT2D eigenvalue weighted by Gasteiger charge is -2.25. The van der Waals surface area contributed by atoms with Crippen LogP contribution >= 0.6 is 0 Å². The van der Waals surface area contributed by atoms with Crippen molar-refractivity contribution in [3.63, 3.8) is 0 Å². The van der Waals surface area contributed by atoms with Crippen molar-refractivity contribution >= 4 is 29.9 Å². The molecule has 0 aromatic heterocycles. The molecule has 1 heterocycles. The summed E-state index contributed by atoms with van der Waals surface area (Å²) in [6, 6.07) is 7.45. The van der Waals surface area contributed by atoms with Gasteiger partial charge in [0, 0.05) is 19.0 Å². The monoisotopic (exact) mass is 430 g/mol. The molecule has 3 N–H and O–H groups in total. The molecule has 0 saturated carbocycles. The van der Waals surface area contributed by atoms with E-state index >= 15 is 0 Å². The average Bonchev–Trinajstić information content (AvgIpc) is 2.77. The van der Waals surface area contributed by atoms with Crippen LogP contribution in [0.15, 0.2) is 48.0 Å². The number of nitrogens with one attached hydrogen (secondary N) is 2. The highest BCUT2D eigenvalue weighted by Gasteiger charge is 2.28. The molecule has 31 heavy (non-hydrogen) atoms. The molecular formula is C21H26N4O6. The van der Waals surface area contributed by atoms with E-state index in [-0.39, 0.29) is 19.0 Å². The van der Waals surface area contributed by atoms with Crippen molar-refractivity contribution in [2.45, 2.75) is 12.0 Å². The fraction of sp³-hybridized carbons (Fsp3) is 0.381. The van der Waals surface area contributed by atoms with Gasteiger partial charge in [0.1, 0.15) is 6.04 Å². The zero-order valence-electron chi connectivity index (χ0n) is 17.0. The Labute approximate surface area is 180 Å². The van der Waals surface area contributed by atoms with Gasteiger partial charge >= 0.3 is 5.97 Å². The average molecular weight is 430 g/mol. The van der Waals surface area contributed by atoms with E-state index in [1.807, 2.05) is 4.90 Å². The summed E-state index contributed by atoms with van der Waals surface area (Å²) in [6.45, 7) is 5.81. The number of benzene rings is 1. The molecule has 1 fully saturated rings. The van der Waals surface area contributed by atoms with Crippen molar-refractivity contribution in [1.29, 1.82) is 0 Å². The van der Waals surface area contributed by atoms with E-state index in [9.17, 15) is 24.3 Å². The number of ether oxygens (including phenoxy) is 1. The third-order valence-electron chi connectivity index (χ3n) is 4.59. The van der Waals surface area contributed by atoms with Gasteiger partial charge in [-0.25, -0.2) is 9.79 Å². The minimum Gasteiger partial charge on any atom is -0.480 e. The first kappa shape index (κ1) is 23.9. The molecule has 1 aliphatic rings. The van der Waals surface area contributed by atoms with Gasteiger partial charge in [0.2, 0.25) is 5.91 Å². The molecule has 10 nitrogen and oxygen atoms in total. The Morgan fingerprint density at radius 1 is 1.19 bits per heavy atom. The minimum absolute atomic E-state index is 0.142. The van der Waals surface area contributed by atoms with Crippen LogP contribution in [0.3, 0.4) is 0 Å². The number of rotatable bonds is 10. The molecular weight excluding hydrogens is 404 g/mol. The SMILES string of the molecule is C=C[C@H](c1ccccc1)C(NC(=O)C=NC(=O)CNC(=O)CN1CCOCC1)C(=O)O. The molecule has 0 aliphatic carbocycles. The molecule has 10 heteroatoms. The number of hydrogen-bond donors (Lipinski definition) is 3. The Bertz CT molecular complexity index is 820. The Balaban J connectivity index is 1.84. The van der Waals surface area contributed by atoms with Crippen LogP contribution in [0.5, 0.6) is 0 Å². The topological polar surface area (TPSA) is 137 Å². The second kappa shape index (κ2) is 12.4. The molecule has 3 amide bonds. The van der Waals surface area contributed by atoms with E-state index in [1.54, 1.807) is 30.3 Å². The largest absolute Gasteiger partial charge is 0.480 e. The molecule has 2 rings (SSSR count). The van der Waals surface area contributed by atoms with Crippen molar-refractivity contribution in [1.82, 2.24) is 15.5 Å². The minimum atomic E-state index is -1.29. The zero-order chi connectivity index (χ0) is 22.6. The van der Waals surface area contributed by atoms with Gasteiger partial charge in [-0.15, -0.1) is 6.58 Å². The second-order valence-corrected chi connectivity index (χ2v) is 6.81. The highest BCUT2D eigenvalue weighted by Crippen LogP contribution is 2.21. The van der Waals surface area contributed by atoms with Gasteiger partial charge in [-0.3, -0.25) is 19.3 Å². The fourth-order valence-corrected chi connectivity index (χ4v) is 3.00. The van der Waals surface area contributed by atoms with E-state index < -0.39 is 29.7 Å². The number of nitrogens with zero attached hydrogens (tertiary/aromatic N) is 2. The Morgan fingerprint density at radius 3 is 2.48 bits per heavy atom. The van der Waals surface area contributed by atoms with Crippen molar-refractivity contribution in [3.05, 3.63) is 48.6 Å². The van der Waals surface area contributed by atoms with Gasteiger partial charge < -0.3 is 20.5 Å². The Hall–Kier alpha value is -3.37. The van der Waals surface area contributed by atoms with E-state index in [1.165, 1.54) is 6.08 Å². The molecule has 2 atom stereocenters. The lowest BCUT2D eigenvalue weighted by molar-refractivity contribution is -0.141. The number of aliphatic carboxylic acids is 1. The maximum Gasteiger partial charge on any atom is 0.327 e. The number of morpholine rings is 1. The van der Waals surface area contributed by atoms with Gasteiger partial charge in [-0.05, 0) is 5.56 Å². The Morgan fingerprint density at radius 2 is 1.87 bits per heavy atom. The number of carboxylic acids is 1. The Kier molecular flexibility index (Phi) is 9.53. The van der Waals surface area contributed by atoms with Crippen LogP contribution in [0, 0.1) is 0 Å². The summed E-state index contributed by atoms with van der Waals surface area (Å²) < 4.78 is 5.20. The number of carbonyl (C=O) groups is 4. The lowest BCUT2D eigenvalue weighted by atomic mass is 9.91. The van der Waals surface area contributed by atoms with Crippen LogP contribution in [0.25, 0.3) is 0 Å². The van der Waals surface area contributed by atoms with Gasteiger partial charge in [-0.2, -0.15) is 0 Å². The standard InChI is InChI=1S/C21H26N4O6/c1-2-16(15-6-4-3-5-7-15)20(21(29)30)24-18(27)13-22-17(26)12-23-19(28)14-25-8-10-31-11-9-25/h2-7,13,16,20H,1,8-12,14H2,(H,23,28)(H,24,27)(H,29,30)/t16-,20?/m1/s1. The fourth-order valence-electron chi connectivity index (χ4n) is 3.00. The molecule has 0 spiro atoms. The molecule has 0 bridgehead atoms. The highest BCUT2D eigenvalue weighted by atomic mass is 16.5. The van der Waals surface area contributed by atoms with Crippen LogP contribution in [0.2, 0.25) is 0 Å². The van der Waals surface area contributed by atoms with Crippen LogP contribution in [0.1, 0.15) is 11.5 Å². The third kappa shape index (κ3) is 8.11. The van der Waals surface area contributed by atoms with E-state index in [2.05, 4.69) is 22.2 Å². The number of hydrogen-bond acceptors (Lipinski definition) is 6. The summed E-state index contributed by atoms with van der Waals surface area (Å²) in [4.78, 5) is 52.8. The normalized spacial score (nSPS) is 16.3. The first-order chi connectivity index (χ1) is 14.9. The zero-order valence-corrected chi connectivity index (χ0v) is 17.0. The van der Waals surface area contributed by atoms with Crippen LogP contribution in [0.4, 0.5) is 0 Å². The first-order valence-electron chi connectivity index (χ1n) is 9.75. The summed E-state index contributed by atoms with van der Waals surface area (Å²) in [7, 11) is 0. The van der Waals surface area contributed by atoms with Crippen molar-refractivity contribution in [3.8, 4) is 0 Å². The molecule has 1 aromatic carbocycles. The van der Waals surface area contributed by atoms with E-state index in [0.717, 1.165) is 0 Å². The lowest BCUT2D eigenvalue weighted by Crippen LogP contribution is -2.45. The van der Waals surface area contributed by atoms with Crippen LogP contribution < -0.4 is 10.6 Å². The first-order valence-corrected chi connectivity index (χ1v) is 9.75. The molecule has 1 aliphatic heterocycles. The van der Waals surface area contributed by atoms with Crippen molar-refractivity contribution in [2.75, 3.05) is 39.4 Å². The van der Waals surface area contributed by atoms with E-state index in [0.29, 0.717) is 38.1 Å². The summed E-state index contributed by atoms with van der Waals surface area (Å²) >= 11 is 0. The molecule has 1 saturated heterocycles. The van der Waals surface area contributed by atoms with Crippen LogP contribution in [-0.2, 0) is 23.9 Å². The molecule has 166 valence electrons. The van der Waals surface area contributed by atoms with Gasteiger partial charge in [0.15, 0.2) is 0 Å². The number of carboxylic acid groups (broad SMARTS) is 1. The maximum atomic E-state index is 12.1. The van der Waals surface area contributed by atoms with Crippen molar-refractivity contribution < 1.29 is 29.0 Å². The highest BCUT2D eigenvalue weighted by molar-refractivity contribution is 6.28. The van der Waals surface area contributed by atoms with Gasteiger partial charge in [-0.1, -0.05) is 36.4 Å².